The Morgan fingerprint density at radius 2 is 1.94 bits per heavy atom. The van der Waals surface area contributed by atoms with Crippen LogP contribution in [0.3, 0.4) is 0 Å². The van der Waals surface area contributed by atoms with E-state index in [-0.39, 0.29) is 17.3 Å². The van der Waals surface area contributed by atoms with Crippen LogP contribution < -0.4 is 16.0 Å². The molecular weight excluding hydrogens is 426 g/mol. The predicted molar refractivity (Wildman–Crippen MR) is 127 cm³/mol. The SMILES string of the molecule is CCC(CC)n1c(=O)c2c(C)c(-c3ncco3)sc2n(CCc2ccccc2OC)c1=O. The van der Waals surface area contributed by atoms with Crippen LogP contribution >= 0.6 is 11.3 Å². The Kier molecular flexibility index (Phi) is 6.32. The number of ether oxygens (including phenoxy) is 1. The number of methoxy groups -OCH3 is 1. The summed E-state index contributed by atoms with van der Waals surface area (Å²) in [4.78, 5) is 32.8. The van der Waals surface area contributed by atoms with Gasteiger partial charge < -0.3 is 9.15 Å². The standard InChI is InChI=1S/C24H27N3O4S/c1-5-17(6-2)27-22(28)19-15(3)20(21-25-12-14-31-21)32-23(19)26(24(27)29)13-11-16-9-7-8-10-18(16)30-4/h7-10,12,14,17H,5-6,11,13H2,1-4H3. The normalized spacial score (nSPS) is 11.5. The van der Waals surface area contributed by atoms with E-state index in [0.717, 1.165) is 21.8 Å². The molecule has 0 bridgehead atoms. The average molecular weight is 454 g/mol. The fourth-order valence-electron chi connectivity index (χ4n) is 4.22. The van der Waals surface area contributed by atoms with Crippen LogP contribution in [-0.2, 0) is 13.0 Å². The third-order valence-corrected chi connectivity index (χ3v) is 7.28. The summed E-state index contributed by atoms with van der Waals surface area (Å²) in [6.07, 6.45) is 5.11. The minimum absolute atomic E-state index is 0.151. The first-order valence-corrected chi connectivity index (χ1v) is 11.6. The zero-order chi connectivity index (χ0) is 22.8. The first kappa shape index (κ1) is 22.1. The number of fused-ring (bicyclic) bond motifs is 1. The lowest BCUT2D eigenvalue weighted by Gasteiger charge is -2.18. The topological polar surface area (TPSA) is 79.3 Å². The van der Waals surface area contributed by atoms with E-state index in [1.165, 1.54) is 22.2 Å². The maximum atomic E-state index is 13.6. The fourth-order valence-corrected chi connectivity index (χ4v) is 5.48. The summed E-state index contributed by atoms with van der Waals surface area (Å²) in [5, 5.41) is 0.565. The highest BCUT2D eigenvalue weighted by atomic mass is 32.1. The second-order valence-corrected chi connectivity index (χ2v) is 8.71. The van der Waals surface area contributed by atoms with Gasteiger partial charge in [0.15, 0.2) is 0 Å². The summed E-state index contributed by atoms with van der Waals surface area (Å²) < 4.78 is 14.1. The van der Waals surface area contributed by atoms with Gasteiger partial charge in [0.1, 0.15) is 16.8 Å². The Bertz CT molecular complexity index is 1340. The molecule has 0 amide bonds. The molecule has 0 radical (unpaired) electrons. The Morgan fingerprint density at radius 1 is 1.19 bits per heavy atom. The summed E-state index contributed by atoms with van der Waals surface area (Å²) in [6, 6.07) is 7.63. The molecule has 8 heteroatoms. The second kappa shape index (κ2) is 9.16. The molecule has 3 heterocycles. The van der Waals surface area contributed by atoms with Crippen molar-refractivity contribution in [3.63, 3.8) is 0 Å². The number of nitrogens with zero attached hydrogens (tertiary/aromatic N) is 3. The second-order valence-electron chi connectivity index (χ2n) is 7.72. The van der Waals surface area contributed by atoms with Gasteiger partial charge in [0.25, 0.3) is 5.56 Å². The lowest BCUT2D eigenvalue weighted by molar-refractivity contribution is 0.406. The highest BCUT2D eigenvalue weighted by molar-refractivity contribution is 7.22. The van der Waals surface area contributed by atoms with Gasteiger partial charge in [0.05, 0.1) is 23.6 Å². The summed E-state index contributed by atoms with van der Waals surface area (Å²) in [7, 11) is 1.64. The van der Waals surface area contributed by atoms with Gasteiger partial charge in [0.2, 0.25) is 5.89 Å². The van der Waals surface area contributed by atoms with Crippen LogP contribution in [0, 0.1) is 6.92 Å². The first-order valence-electron chi connectivity index (χ1n) is 10.8. The number of aromatic nitrogens is 3. The number of rotatable bonds is 8. The van der Waals surface area contributed by atoms with E-state index >= 15 is 0 Å². The molecule has 0 aliphatic rings. The molecule has 0 aliphatic heterocycles. The van der Waals surface area contributed by atoms with Gasteiger partial charge in [-0.15, -0.1) is 11.3 Å². The van der Waals surface area contributed by atoms with Crippen LogP contribution in [0.1, 0.15) is 43.9 Å². The van der Waals surface area contributed by atoms with E-state index < -0.39 is 0 Å². The van der Waals surface area contributed by atoms with E-state index in [1.807, 2.05) is 45.0 Å². The summed E-state index contributed by atoms with van der Waals surface area (Å²) in [6.45, 7) is 6.33. The summed E-state index contributed by atoms with van der Waals surface area (Å²) in [5.74, 6) is 1.24. The molecule has 0 atom stereocenters. The maximum absolute atomic E-state index is 13.6. The predicted octanol–water partition coefficient (Wildman–Crippen LogP) is 4.80. The summed E-state index contributed by atoms with van der Waals surface area (Å²) in [5.41, 5.74) is 1.30. The average Bonchev–Trinajstić information content (AvgIpc) is 3.45. The highest BCUT2D eigenvalue weighted by Crippen LogP contribution is 2.35. The minimum atomic E-state index is -0.272. The number of aryl methyl sites for hydroxylation is 3. The third kappa shape index (κ3) is 3.68. The van der Waals surface area contributed by atoms with Crippen LogP contribution in [0.5, 0.6) is 5.75 Å². The van der Waals surface area contributed by atoms with Crippen LogP contribution in [-0.4, -0.2) is 21.2 Å². The number of hydrogen-bond donors (Lipinski definition) is 0. The van der Waals surface area contributed by atoms with Gasteiger partial charge in [-0.2, -0.15) is 0 Å². The van der Waals surface area contributed by atoms with E-state index in [9.17, 15) is 9.59 Å². The van der Waals surface area contributed by atoms with E-state index in [2.05, 4.69) is 4.98 Å². The minimum Gasteiger partial charge on any atom is -0.496 e. The Balaban J connectivity index is 1.94. The van der Waals surface area contributed by atoms with E-state index in [1.54, 1.807) is 17.9 Å². The molecule has 168 valence electrons. The van der Waals surface area contributed by atoms with Crippen molar-refractivity contribution in [3.05, 3.63) is 68.7 Å². The molecule has 7 nitrogen and oxygen atoms in total. The largest absolute Gasteiger partial charge is 0.496 e. The van der Waals surface area contributed by atoms with Crippen molar-refractivity contribution in [2.24, 2.45) is 0 Å². The monoisotopic (exact) mass is 453 g/mol. The van der Waals surface area contributed by atoms with Crippen LogP contribution in [0.2, 0.25) is 0 Å². The van der Waals surface area contributed by atoms with Gasteiger partial charge in [-0.1, -0.05) is 32.0 Å². The van der Waals surface area contributed by atoms with Gasteiger partial charge >= 0.3 is 5.69 Å². The molecule has 0 fully saturated rings. The molecule has 4 rings (SSSR count). The molecule has 0 saturated carbocycles. The maximum Gasteiger partial charge on any atom is 0.332 e. The fraction of sp³-hybridized carbons (Fsp3) is 0.375. The molecule has 0 N–H and O–H groups in total. The quantitative estimate of drug-likeness (QED) is 0.383. The van der Waals surface area contributed by atoms with E-state index in [0.29, 0.717) is 41.9 Å². The molecule has 1 aromatic carbocycles. The van der Waals surface area contributed by atoms with Gasteiger partial charge in [-0.25, -0.2) is 9.78 Å². The number of hydrogen-bond acceptors (Lipinski definition) is 6. The van der Waals surface area contributed by atoms with Crippen molar-refractivity contribution in [3.8, 4) is 16.5 Å². The molecule has 3 aromatic heterocycles. The van der Waals surface area contributed by atoms with Crippen molar-refractivity contribution in [1.82, 2.24) is 14.1 Å². The molecule has 4 aromatic rings. The third-order valence-electron chi connectivity index (χ3n) is 5.97. The molecule has 0 spiro atoms. The Labute approximate surface area is 189 Å². The molecule has 0 saturated heterocycles. The Morgan fingerprint density at radius 3 is 2.59 bits per heavy atom. The van der Waals surface area contributed by atoms with Gasteiger partial charge in [0, 0.05) is 12.6 Å². The van der Waals surface area contributed by atoms with Crippen molar-refractivity contribution < 1.29 is 9.15 Å². The van der Waals surface area contributed by atoms with Crippen LogP contribution in [0.15, 0.2) is 50.7 Å². The lowest BCUT2D eigenvalue weighted by atomic mass is 10.1. The van der Waals surface area contributed by atoms with Crippen molar-refractivity contribution in [2.45, 2.75) is 52.6 Å². The number of oxazole rings is 1. The molecule has 32 heavy (non-hydrogen) atoms. The molecule has 0 unspecified atom stereocenters. The van der Waals surface area contributed by atoms with Crippen molar-refractivity contribution in [2.75, 3.05) is 7.11 Å². The number of thiophene rings is 1. The Hall–Kier alpha value is -3.13. The zero-order valence-electron chi connectivity index (χ0n) is 18.8. The smallest absolute Gasteiger partial charge is 0.332 e. The first-order chi connectivity index (χ1) is 15.5. The summed E-state index contributed by atoms with van der Waals surface area (Å²) >= 11 is 1.38. The van der Waals surface area contributed by atoms with Gasteiger partial charge in [-0.05, 0) is 43.4 Å². The zero-order valence-corrected chi connectivity index (χ0v) is 19.6. The number of benzene rings is 1. The van der Waals surface area contributed by atoms with Crippen LogP contribution in [0.25, 0.3) is 21.0 Å². The van der Waals surface area contributed by atoms with Crippen molar-refractivity contribution >= 4 is 21.6 Å². The highest BCUT2D eigenvalue weighted by Gasteiger charge is 2.24. The lowest BCUT2D eigenvalue weighted by Crippen LogP contribution is -2.42. The van der Waals surface area contributed by atoms with Gasteiger partial charge in [-0.3, -0.25) is 13.9 Å². The van der Waals surface area contributed by atoms with E-state index in [4.69, 9.17) is 9.15 Å². The molecular formula is C24H27N3O4S. The van der Waals surface area contributed by atoms with Crippen LogP contribution in [0.4, 0.5) is 0 Å². The number of para-hydroxylation sites is 1. The van der Waals surface area contributed by atoms with Crippen molar-refractivity contribution in [1.29, 1.82) is 0 Å². The molecule has 0 aliphatic carbocycles.